The Bertz CT molecular complexity index is 260. The molecule has 1 nitrogen and oxygen atoms in total. The van der Waals surface area contributed by atoms with Crippen LogP contribution in [0.1, 0.15) is 13.3 Å². The smallest absolute Gasteiger partial charge is 0.0629 e. The SMILES string of the molecule is CCC=CC=Nc1ccccc1. The van der Waals surface area contributed by atoms with Gasteiger partial charge in [-0.05, 0) is 24.6 Å². The van der Waals surface area contributed by atoms with Gasteiger partial charge in [0.1, 0.15) is 0 Å². The van der Waals surface area contributed by atoms with E-state index in [1.54, 1.807) is 0 Å². The molecule has 0 atom stereocenters. The molecule has 0 heterocycles. The fourth-order valence-corrected chi connectivity index (χ4v) is 0.840. The molecule has 1 heteroatoms. The maximum atomic E-state index is 4.23. The van der Waals surface area contributed by atoms with Gasteiger partial charge >= 0.3 is 0 Å². The van der Waals surface area contributed by atoms with Crippen LogP contribution in [-0.2, 0) is 0 Å². The zero-order valence-electron chi connectivity index (χ0n) is 7.27. The first-order chi connectivity index (χ1) is 5.93. The maximum Gasteiger partial charge on any atom is 0.0629 e. The highest BCUT2D eigenvalue weighted by Crippen LogP contribution is 2.07. The lowest BCUT2D eigenvalue weighted by Gasteiger charge is -1.87. The minimum atomic E-state index is 0.998. The van der Waals surface area contributed by atoms with Gasteiger partial charge in [0.05, 0.1) is 5.69 Å². The van der Waals surface area contributed by atoms with Crippen LogP contribution in [0.2, 0.25) is 0 Å². The summed E-state index contributed by atoms with van der Waals surface area (Å²) in [4.78, 5) is 4.23. The fraction of sp³-hybridized carbons (Fsp3) is 0.182. The second kappa shape index (κ2) is 5.30. The Hall–Kier alpha value is -1.37. The number of benzene rings is 1. The van der Waals surface area contributed by atoms with Crippen LogP contribution < -0.4 is 0 Å². The quantitative estimate of drug-likeness (QED) is 0.600. The van der Waals surface area contributed by atoms with Crippen LogP contribution in [0.4, 0.5) is 5.69 Å². The molecule has 0 spiro atoms. The fourth-order valence-electron chi connectivity index (χ4n) is 0.840. The number of allylic oxidation sites excluding steroid dienone is 2. The second-order valence-electron chi connectivity index (χ2n) is 2.45. The van der Waals surface area contributed by atoms with Crippen LogP contribution in [0.15, 0.2) is 47.5 Å². The van der Waals surface area contributed by atoms with Gasteiger partial charge in [-0.15, -0.1) is 0 Å². The molecular formula is C11H13N. The van der Waals surface area contributed by atoms with Crippen molar-refractivity contribution >= 4 is 11.9 Å². The Morgan fingerprint density at radius 2 is 2.00 bits per heavy atom. The predicted molar refractivity (Wildman–Crippen MR) is 54.0 cm³/mol. The highest BCUT2D eigenvalue weighted by atomic mass is 14.7. The van der Waals surface area contributed by atoms with Crippen molar-refractivity contribution in [1.82, 2.24) is 0 Å². The first kappa shape index (κ1) is 8.72. The van der Waals surface area contributed by atoms with Crippen molar-refractivity contribution in [2.75, 3.05) is 0 Å². The van der Waals surface area contributed by atoms with Gasteiger partial charge in [-0.1, -0.05) is 31.2 Å². The summed E-state index contributed by atoms with van der Waals surface area (Å²) in [7, 11) is 0. The summed E-state index contributed by atoms with van der Waals surface area (Å²) in [5.74, 6) is 0. The van der Waals surface area contributed by atoms with Crippen molar-refractivity contribution in [1.29, 1.82) is 0 Å². The third kappa shape index (κ3) is 3.15. The molecular weight excluding hydrogens is 146 g/mol. The molecule has 0 saturated carbocycles. The van der Waals surface area contributed by atoms with Gasteiger partial charge in [-0.3, -0.25) is 4.99 Å². The summed E-state index contributed by atoms with van der Waals surface area (Å²) >= 11 is 0. The molecule has 0 unspecified atom stereocenters. The van der Waals surface area contributed by atoms with Gasteiger partial charge < -0.3 is 0 Å². The number of para-hydroxylation sites is 1. The van der Waals surface area contributed by atoms with Crippen LogP contribution in [0.3, 0.4) is 0 Å². The number of aliphatic imine (C=N–C) groups is 1. The minimum absolute atomic E-state index is 0.998. The normalized spacial score (nSPS) is 11.4. The van der Waals surface area contributed by atoms with Crippen molar-refractivity contribution in [2.24, 2.45) is 4.99 Å². The van der Waals surface area contributed by atoms with E-state index in [0.29, 0.717) is 0 Å². The molecule has 1 aromatic carbocycles. The van der Waals surface area contributed by atoms with Crippen LogP contribution in [0.5, 0.6) is 0 Å². The third-order valence-electron chi connectivity index (χ3n) is 1.44. The largest absolute Gasteiger partial charge is 0.257 e. The van der Waals surface area contributed by atoms with Crippen LogP contribution in [0.25, 0.3) is 0 Å². The van der Waals surface area contributed by atoms with Crippen LogP contribution in [0, 0.1) is 0 Å². The lowest BCUT2D eigenvalue weighted by molar-refractivity contribution is 1.23. The second-order valence-corrected chi connectivity index (χ2v) is 2.45. The molecule has 0 bridgehead atoms. The number of rotatable bonds is 3. The highest BCUT2D eigenvalue weighted by Gasteiger charge is 1.79. The average Bonchev–Trinajstić information content (AvgIpc) is 2.14. The van der Waals surface area contributed by atoms with E-state index in [9.17, 15) is 0 Å². The molecule has 0 aliphatic carbocycles. The third-order valence-corrected chi connectivity index (χ3v) is 1.44. The van der Waals surface area contributed by atoms with Crippen LogP contribution in [-0.4, -0.2) is 6.21 Å². The number of nitrogens with zero attached hydrogens (tertiary/aromatic N) is 1. The molecule has 0 aliphatic heterocycles. The zero-order chi connectivity index (χ0) is 8.65. The molecule has 0 aromatic heterocycles. The molecule has 1 aromatic rings. The molecule has 1 rings (SSSR count). The zero-order valence-corrected chi connectivity index (χ0v) is 7.27. The summed E-state index contributed by atoms with van der Waals surface area (Å²) in [5, 5.41) is 0. The average molecular weight is 159 g/mol. The summed E-state index contributed by atoms with van der Waals surface area (Å²) in [5.41, 5.74) is 0.998. The summed E-state index contributed by atoms with van der Waals surface area (Å²) in [6.07, 6.45) is 6.92. The summed E-state index contributed by atoms with van der Waals surface area (Å²) in [6.45, 7) is 2.10. The minimum Gasteiger partial charge on any atom is -0.257 e. The Morgan fingerprint density at radius 3 is 2.67 bits per heavy atom. The lowest BCUT2D eigenvalue weighted by Crippen LogP contribution is -1.65. The van der Waals surface area contributed by atoms with E-state index in [0.717, 1.165) is 12.1 Å². The van der Waals surface area contributed by atoms with Gasteiger partial charge in [-0.25, -0.2) is 0 Å². The topological polar surface area (TPSA) is 12.4 Å². The van der Waals surface area contributed by atoms with Crippen molar-refractivity contribution in [3.8, 4) is 0 Å². The van der Waals surface area contributed by atoms with Gasteiger partial charge in [0.25, 0.3) is 0 Å². The van der Waals surface area contributed by atoms with Crippen molar-refractivity contribution in [3.63, 3.8) is 0 Å². The Morgan fingerprint density at radius 1 is 1.25 bits per heavy atom. The molecule has 0 fully saturated rings. The molecule has 0 radical (unpaired) electrons. The van der Waals surface area contributed by atoms with Gasteiger partial charge in [0.15, 0.2) is 0 Å². The standard InChI is InChI=1S/C11H13N/c1-2-3-7-10-12-11-8-5-4-6-9-11/h3-10H,2H2,1H3. The van der Waals surface area contributed by atoms with E-state index in [1.807, 2.05) is 42.6 Å². The monoisotopic (exact) mass is 159 g/mol. The molecule has 0 saturated heterocycles. The van der Waals surface area contributed by atoms with Gasteiger partial charge in [-0.2, -0.15) is 0 Å². The van der Waals surface area contributed by atoms with Gasteiger partial charge in [0.2, 0.25) is 0 Å². The Balaban J connectivity index is 2.52. The van der Waals surface area contributed by atoms with E-state index in [2.05, 4.69) is 18.0 Å². The maximum absolute atomic E-state index is 4.23. The first-order valence-electron chi connectivity index (χ1n) is 4.17. The highest BCUT2D eigenvalue weighted by molar-refractivity contribution is 5.74. The van der Waals surface area contributed by atoms with E-state index in [4.69, 9.17) is 0 Å². The Kier molecular flexibility index (Phi) is 3.86. The first-order valence-corrected chi connectivity index (χ1v) is 4.17. The number of hydrogen-bond acceptors (Lipinski definition) is 1. The predicted octanol–water partition coefficient (Wildman–Crippen LogP) is 3.36. The molecule has 0 aliphatic rings. The Labute approximate surface area is 73.5 Å². The van der Waals surface area contributed by atoms with Crippen molar-refractivity contribution in [3.05, 3.63) is 42.5 Å². The molecule has 12 heavy (non-hydrogen) atoms. The van der Waals surface area contributed by atoms with Crippen molar-refractivity contribution in [2.45, 2.75) is 13.3 Å². The van der Waals surface area contributed by atoms with Gasteiger partial charge in [0, 0.05) is 6.21 Å². The molecule has 0 amide bonds. The van der Waals surface area contributed by atoms with E-state index < -0.39 is 0 Å². The molecule has 62 valence electrons. The lowest BCUT2D eigenvalue weighted by atomic mass is 10.3. The number of hydrogen-bond donors (Lipinski definition) is 0. The van der Waals surface area contributed by atoms with E-state index in [-0.39, 0.29) is 0 Å². The summed E-state index contributed by atoms with van der Waals surface area (Å²) in [6, 6.07) is 9.92. The molecule has 0 N–H and O–H groups in total. The van der Waals surface area contributed by atoms with Crippen molar-refractivity contribution < 1.29 is 0 Å². The summed E-state index contributed by atoms with van der Waals surface area (Å²) < 4.78 is 0. The van der Waals surface area contributed by atoms with E-state index >= 15 is 0 Å². The van der Waals surface area contributed by atoms with E-state index in [1.165, 1.54) is 0 Å². The van der Waals surface area contributed by atoms with Crippen LogP contribution >= 0.6 is 0 Å².